The third kappa shape index (κ3) is 3.33. The highest BCUT2D eigenvalue weighted by molar-refractivity contribution is 5.79. The summed E-state index contributed by atoms with van der Waals surface area (Å²) in [6.07, 6.45) is 5.56. The Bertz CT molecular complexity index is 1230. The van der Waals surface area contributed by atoms with Gasteiger partial charge in [-0.15, -0.1) is 0 Å². The van der Waals surface area contributed by atoms with E-state index in [0.29, 0.717) is 23.6 Å². The topological polar surface area (TPSA) is 68.6 Å². The summed E-state index contributed by atoms with van der Waals surface area (Å²) in [5, 5.41) is 9.39. The van der Waals surface area contributed by atoms with Gasteiger partial charge in [0.1, 0.15) is 11.3 Å². The molecule has 4 heterocycles. The van der Waals surface area contributed by atoms with Crippen LogP contribution >= 0.6 is 0 Å². The van der Waals surface area contributed by atoms with Crippen molar-refractivity contribution in [3.63, 3.8) is 0 Å². The fourth-order valence-electron chi connectivity index (χ4n) is 4.23. The van der Waals surface area contributed by atoms with Crippen molar-refractivity contribution < 1.29 is 8.91 Å². The lowest BCUT2D eigenvalue weighted by Crippen LogP contribution is -2.37. The largest absolute Gasteiger partial charge is 0.356 e. The van der Waals surface area contributed by atoms with Crippen LogP contribution < -0.4 is 5.56 Å². The number of benzene rings is 1. The van der Waals surface area contributed by atoms with Gasteiger partial charge < -0.3 is 14.0 Å². The molecule has 4 aromatic rings. The van der Waals surface area contributed by atoms with Crippen molar-refractivity contribution in [2.24, 2.45) is 0 Å². The number of fused-ring (bicyclic) bond motifs is 2. The first kappa shape index (κ1) is 18.1. The van der Waals surface area contributed by atoms with E-state index in [9.17, 15) is 9.18 Å². The minimum atomic E-state index is -0.311. The maximum absolute atomic E-state index is 13.4. The number of likely N-dealkylation sites (tertiary alicyclic amines) is 1. The van der Waals surface area contributed by atoms with Gasteiger partial charge in [-0.25, -0.2) is 8.91 Å². The van der Waals surface area contributed by atoms with Crippen LogP contribution in [-0.4, -0.2) is 43.9 Å². The first-order chi connectivity index (χ1) is 14.1. The van der Waals surface area contributed by atoms with Crippen LogP contribution in [0.4, 0.5) is 4.39 Å². The molecule has 1 aliphatic rings. The molecule has 0 radical (unpaired) electrons. The lowest BCUT2D eigenvalue weighted by atomic mass is 9.91. The molecule has 0 spiro atoms. The van der Waals surface area contributed by atoms with Crippen LogP contribution in [0.25, 0.3) is 16.5 Å². The second-order valence-electron chi connectivity index (χ2n) is 7.74. The fourth-order valence-corrected chi connectivity index (χ4v) is 4.23. The average molecular weight is 395 g/mol. The van der Waals surface area contributed by atoms with Gasteiger partial charge in [0.2, 0.25) is 0 Å². The molecule has 0 unspecified atom stereocenters. The Morgan fingerprint density at radius 1 is 1.17 bits per heavy atom. The number of rotatable bonds is 4. The Hall–Kier alpha value is -3.00. The van der Waals surface area contributed by atoms with Crippen LogP contribution in [0.2, 0.25) is 0 Å². The predicted octanol–water partition coefficient (Wildman–Crippen LogP) is 2.96. The number of piperidine rings is 1. The second-order valence-corrected chi connectivity index (χ2v) is 7.74. The summed E-state index contributed by atoms with van der Waals surface area (Å²) < 4.78 is 22.1. The van der Waals surface area contributed by atoms with Gasteiger partial charge in [0.05, 0.1) is 11.4 Å². The summed E-state index contributed by atoms with van der Waals surface area (Å²) >= 11 is 0. The summed E-state index contributed by atoms with van der Waals surface area (Å²) in [5.74, 6) is 0.00124. The standard InChI is InChI=1S/C21H22FN5O2/c1-14-12-18-21(28)26(10-11-27(18)23-14)9-8-25-6-4-15(5-7-25)20-17-3-2-16(22)13-19(17)29-24-20/h2-3,10-13,15H,4-9H2,1H3. The summed E-state index contributed by atoms with van der Waals surface area (Å²) in [5.41, 5.74) is 2.87. The molecule has 1 aromatic carbocycles. The van der Waals surface area contributed by atoms with Crippen LogP contribution in [0.1, 0.15) is 30.1 Å². The van der Waals surface area contributed by atoms with E-state index in [1.165, 1.54) is 12.1 Å². The molecule has 3 aromatic heterocycles. The number of aryl methyl sites for hydroxylation is 1. The van der Waals surface area contributed by atoms with Gasteiger partial charge in [0, 0.05) is 42.9 Å². The SMILES string of the molecule is Cc1cc2c(=O)n(CCN3CCC(c4noc5cc(F)ccc45)CC3)ccn2n1. The van der Waals surface area contributed by atoms with E-state index in [2.05, 4.69) is 15.2 Å². The molecule has 7 nitrogen and oxygen atoms in total. The van der Waals surface area contributed by atoms with Crippen LogP contribution in [0.15, 0.2) is 46.0 Å². The van der Waals surface area contributed by atoms with Gasteiger partial charge in [-0.2, -0.15) is 5.10 Å². The summed E-state index contributed by atoms with van der Waals surface area (Å²) in [4.78, 5) is 15.0. The van der Waals surface area contributed by atoms with Gasteiger partial charge in [-0.05, 0) is 51.1 Å². The third-order valence-electron chi connectivity index (χ3n) is 5.82. The Kier molecular flexibility index (Phi) is 4.43. The van der Waals surface area contributed by atoms with Crippen molar-refractivity contribution in [1.29, 1.82) is 0 Å². The van der Waals surface area contributed by atoms with Crippen molar-refractivity contribution in [3.8, 4) is 0 Å². The van der Waals surface area contributed by atoms with Crippen molar-refractivity contribution in [2.75, 3.05) is 19.6 Å². The van der Waals surface area contributed by atoms with Gasteiger partial charge in [0.15, 0.2) is 5.58 Å². The monoisotopic (exact) mass is 395 g/mol. The second kappa shape index (κ2) is 7.11. The number of hydrogen-bond acceptors (Lipinski definition) is 5. The minimum absolute atomic E-state index is 0.00992. The molecule has 0 atom stereocenters. The number of halogens is 1. The Labute approximate surface area is 166 Å². The zero-order chi connectivity index (χ0) is 20.0. The van der Waals surface area contributed by atoms with Crippen LogP contribution in [-0.2, 0) is 6.54 Å². The van der Waals surface area contributed by atoms with Crippen molar-refractivity contribution in [2.45, 2.75) is 32.2 Å². The maximum Gasteiger partial charge on any atom is 0.276 e. The molecule has 0 bridgehead atoms. The molecule has 5 rings (SSSR count). The molecule has 150 valence electrons. The predicted molar refractivity (Wildman–Crippen MR) is 107 cm³/mol. The molecule has 1 aliphatic heterocycles. The summed E-state index contributed by atoms with van der Waals surface area (Å²) in [7, 11) is 0. The molecule has 0 saturated carbocycles. The highest BCUT2D eigenvalue weighted by Crippen LogP contribution is 2.32. The van der Waals surface area contributed by atoms with E-state index in [1.54, 1.807) is 21.3 Å². The van der Waals surface area contributed by atoms with Crippen LogP contribution in [0.3, 0.4) is 0 Å². The van der Waals surface area contributed by atoms with E-state index in [-0.39, 0.29) is 11.4 Å². The number of hydrogen-bond donors (Lipinski definition) is 0. The van der Waals surface area contributed by atoms with Gasteiger partial charge in [0.25, 0.3) is 5.56 Å². The van der Waals surface area contributed by atoms with E-state index >= 15 is 0 Å². The van der Waals surface area contributed by atoms with Crippen molar-refractivity contribution in [3.05, 3.63) is 64.2 Å². The van der Waals surface area contributed by atoms with Crippen LogP contribution in [0.5, 0.6) is 0 Å². The molecule has 29 heavy (non-hydrogen) atoms. The first-order valence-electron chi connectivity index (χ1n) is 9.91. The average Bonchev–Trinajstić information content (AvgIpc) is 3.31. The number of nitrogens with zero attached hydrogens (tertiary/aromatic N) is 5. The van der Waals surface area contributed by atoms with Crippen LogP contribution in [0, 0.1) is 12.7 Å². The quantitative estimate of drug-likeness (QED) is 0.531. The third-order valence-corrected chi connectivity index (χ3v) is 5.82. The molecule has 0 amide bonds. The maximum atomic E-state index is 13.4. The van der Waals surface area contributed by atoms with Gasteiger partial charge >= 0.3 is 0 Å². The van der Waals surface area contributed by atoms with E-state index in [1.807, 2.05) is 19.2 Å². The van der Waals surface area contributed by atoms with Crippen molar-refractivity contribution >= 4 is 16.5 Å². The number of aromatic nitrogens is 4. The lowest BCUT2D eigenvalue weighted by Gasteiger charge is -2.31. The lowest BCUT2D eigenvalue weighted by molar-refractivity contribution is 0.202. The highest BCUT2D eigenvalue weighted by Gasteiger charge is 2.25. The van der Waals surface area contributed by atoms with Gasteiger partial charge in [-0.1, -0.05) is 5.16 Å². The smallest absolute Gasteiger partial charge is 0.276 e. The Morgan fingerprint density at radius 2 is 2.00 bits per heavy atom. The Balaban J connectivity index is 1.23. The normalized spacial score (nSPS) is 16.2. The molecule has 1 fully saturated rings. The zero-order valence-electron chi connectivity index (χ0n) is 16.2. The summed E-state index contributed by atoms with van der Waals surface area (Å²) in [6, 6.07) is 6.41. The summed E-state index contributed by atoms with van der Waals surface area (Å²) in [6.45, 7) is 5.22. The fraction of sp³-hybridized carbons (Fsp3) is 0.381. The molecule has 1 saturated heterocycles. The Morgan fingerprint density at radius 3 is 2.83 bits per heavy atom. The van der Waals surface area contributed by atoms with E-state index < -0.39 is 0 Å². The van der Waals surface area contributed by atoms with E-state index in [4.69, 9.17) is 4.52 Å². The highest BCUT2D eigenvalue weighted by atomic mass is 19.1. The van der Waals surface area contributed by atoms with Crippen molar-refractivity contribution in [1.82, 2.24) is 24.2 Å². The van der Waals surface area contributed by atoms with E-state index in [0.717, 1.165) is 49.2 Å². The zero-order valence-corrected chi connectivity index (χ0v) is 16.2. The first-order valence-corrected chi connectivity index (χ1v) is 9.91. The minimum Gasteiger partial charge on any atom is -0.356 e. The molecule has 0 N–H and O–H groups in total. The molecule has 8 heteroatoms. The molecule has 0 aliphatic carbocycles. The molecular formula is C21H22FN5O2. The van der Waals surface area contributed by atoms with Gasteiger partial charge in [-0.3, -0.25) is 4.79 Å². The molecular weight excluding hydrogens is 373 g/mol.